The molecule has 0 bridgehead atoms. The zero-order chi connectivity index (χ0) is 37.6. The van der Waals surface area contributed by atoms with Crippen LogP contribution in [0.3, 0.4) is 0 Å². The van der Waals surface area contributed by atoms with E-state index in [1.54, 1.807) is 0 Å². The highest BCUT2D eigenvalue weighted by molar-refractivity contribution is 7.26. The van der Waals surface area contributed by atoms with Crippen LogP contribution in [0.4, 0.5) is 0 Å². The SMILES string of the molecule is O=C(c1ccccc1)c1ccc2c(c1)c1cccc3c4cc(-c5ccccc5)ccc4c4ccc(-c5cccc6c5sc5ccccc56)cc4c4cccc2c4c31. The molecule has 0 unspecified atom stereocenters. The van der Waals surface area contributed by atoms with Gasteiger partial charge in [0.05, 0.1) is 0 Å². The van der Waals surface area contributed by atoms with Gasteiger partial charge in [-0.05, 0) is 111 Å². The summed E-state index contributed by atoms with van der Waals surface area (Å²) in [7, 11) is 0. The molecule has 12 rings (SSSR count). The van der Waals surface area contributed by atoms with Crippen LogP contribution in [0.5, 0.6) is 0 Å². The van der Waals surface area contributed by atoms with E-state index in [0.29, 0.717) is 11.1 Å². The Hall–Kier alpha value is -7.13. The predicted molar refractivity (Wildman–Crippen MR) is 245 cm³/mol. The van der Waals surface area contributed by atoms with E-state index in [-0.39, 0.29) is 5.78 Å². The highest BCUT2D eigenvalue weighted by Crippen LogP contribution is 2.46. The molecular weight excluding hydrogens is 709 g/mol. The second-order valence-electron chi connectivity index (χ2n) is 15.1. The van der Waals surface area contributed by atoms with Crippen molar-refractivity contribution in [1.29, 1.82) is 0 Å². The van der Waals surface area contributed by atoms with Crippen molar-refractivity contribution in [3.05, 3.63) is 205 Å². The molecule has 0 spiro atoms. The maximum absolute atomic E-state index is 13.9. The van der Waals surface area contributed by atoms with Gasteiger partial charge < -0.3 is 0 Å². The van der Waals surface area contributed by atoms with E-state index in [0.717, 1.165) is 16.2 Å². The van der Waals surface area contributed by atoms with Crippen molar-refractivity contribution in [1.82, 2.24) is 0 Å². The van der Waals surface area contributed by atoms with Gasteiger partial charge in [-0.2, -0.15) is 0 Å². The second-order valence-corrected chi connectivity index (χ2v) is 16.1. The van der Waals surface area contributed by atoms with E-state index < -0.39 is 0 Å². The molecule has 0 fully saturated rings. The second kappa shape index (κ2) is 12.4. The molecule has 1 heterocycles. The van der Waals surface area contributed by atoms with Gasteiger partial charge in [0.2, 0.25) is 0 Å². The Morgan fingerprint density at radius 3 is 1.54 bits per heavy atom. The van der Waals surface area contributed by atoms with Gasteiger partial charge >= 0.3 is 0 Å². The Morgan fingerprint density at radius 2 is 0.825 bits per heavy atom. The van der Waals surface area contributed by atoms with E-state index in [4.69, 9.17) is 0 Å². The number of benzene rings is 10. The largest absolute Gasteiger partial charge is 0.289 e. The summed E-state index contributed by atoms with van der Waals surface area (Å²) in [4.78, 5) is 13.9. The lowest BCUT2D eigenvalue weighted by Crippen LogP contribution is -2.01. The van der Waals surface area contributed by atoms with Crippen LogP contribution in [0.1, 0.15) is 15.9 Å². The van der Waals surface area contributed by atoms with Crippen LogP contribution in [0.25, 0.3) is 107 Å². The summed E-state index contributed by atoms with van der Waals surface area (Å²) in [5, 5.41) is 16.9. The molecule has 0 saturated heterocycles. The number of fused-ring (bicyclic) bond motifs is 11. The number of rotatable bonds is 4. The number of thiophene rings is 1. The summed E-state index contributed by atoms with van der Waals surface area (Å²) in [5.74, 6) is 0.0322. The fourth-order valence-corrected chi connectivity index (χ4v) is 10.6. The van der Waals surface area contributed by atoms with Crippen LogP contribution in [0.2, 0.25) is 0 Å². The molecule has 0 aliphatic rings. The van der Waals surface area contributed by atoms with Crippen molar-refractivity contribution in [3.8, 4) is 22.3 Å². The molecule has 0 N–H and O–H groups in total. The lowest BCUT2D eigenvalue weighted by molar-refractivity contribution is 0.103. The van der Waals surface area contributed by atoms with Crippen LogP contribution in [-0.4, -0.2) is 5.78 Å². The first-order valence-electron chi connectivity index (χ1n) is 19.5. The molecule has 12 aromatic rings. The normalized spacial score (nSPS) is 11.9. The van der Waals surface area contributed by atoms with Crippen LogP contribution in [-0.2, 0) is 0 Å². The van der Waals surface area contributed by atoms with Crippen molar-refractivity contribution in [3.63, 3.8) is 0 Å². The van der Waals surface area contributed by atoms with Crippen LogP contribution >= 0.6 is 11.3 Å². The van der Waals surface area contributed by atoms with Crippen LogP contribution in [0.15, 0.2) is 194 Å². The van der Waals surface area contributed by atoms with E-state index >= 15 is 0 Å². The van der Waals surface area contributed by atoms with Gasteiger partial charge in [-0.25, -0.2) is 0 Å². The first-order valence-corrected chi connectivity index (χ1v) is 20.3. The summed E-state index contributed by atoms with van der Waals surface area (Å²) in [6, 6.07) is 69.6. The lowest BCUT2D eigenvalue weighted by atomic mass is 9.85. The summed E-state index contributed by atoms with van der Waals surface area (Å²) in [6.45, 7) is 0. The van der Waals surface area contributed by atoms with Crippen molar-refractivity contribution in [2.24, 2.45) is 0 Å². The van der Waals surface area contributed by atoms with E-state index in [1.165, 1.54) is 90.9 Å². The van der Waals surface area contributed by atoms with Gasteiger partial charge in [-0.1, -0.05) is 170 Å². The number of ketones is 1. The number of hydrogen-bond donors (Lipinski definition) is 0. The zero-order valence-electron chi connectivity index (χ0n) is 30.8. The lowest BCUT2D eigenvalue weighted by Gasteiger charge is -2.18. The summed E-state index contributed by atoms with van der Waals surface area (Å²) in [6.07, 6.45) is 0. The van der Waals surface area contributed by atoms with Gasteiger partial charge in [-0.15, -0.1) is 11.3 Å². The Morgan fingerprint density at radius 1 is 0.316 bits per heavy atom. The number of hydrogen-bond acceptors (Lipinski definition) is 2. The Labute approximate surface area is 332 Å². The molecule has 0 amide bonds. The first-order chi connectivity index (χ1) is 28.2. The fourth-order valence-electron chi connectivity index (χ4n) is 9.40. The fraction of sp³-hybridized carbons (Fsp3) is 0. The van der Waals surface area contributed by atoms with Gasteiger partial charge in [0, 0.05) is 31.3 Å². The highest BCUT2D eigenvalue weighted by Gasteiger charge is 2.19. The molecule has 57 heavy (non-hydrogen) atoms. The molecular formula is C55H32OS. The Kier molecular flexibility index (Phi) is 7.02. The average molecular weight is 741 g/mol. The molecule has 0 saturated carbocycles. The molecule has 1 aromatic heterocycles. The first kappa shape index (κ1) is 32.1. The summed E-state index contributed by atoms with van der Waals surface area (Å²) < 4.78 is 2.62. The standard InChI is InChI=1S/C55H32OS/c56-54(34-14-5-2-6-15-34)37-26-29-41-43-18-10-19-45-49-31-36(38-17-9-22-47-42-16-7-8-23-51(42)57-55(38)47)25-28-40(49)39-27-24-35(33-12-3-1-4-13-33)30-48(39)44-20-11-21-46(50(41)32-37)53(44)52(43)45/h1-32H. The number of carbonyl (C=O) groups excluding carboxylic acids is 1. The summed E-state index contributed by atoms with van der Waals surface area (Å²) in [5.41, 5.74) is 6.23. The maximum Gasteiger partial charge on any atom is 0.193 e. The molecule has 0 aliphatic heterocycles. The van der Waals surface area contributed by atoms with E-state index in [2.05, 4.69) is 158 Å². The van der Waals surface area contributed by atoms with Crippen molar-refractivity contribution in [2.45, 2.75) is 0 Å². The van der Waals surface area contributed by atoms with Crippen LogP contribution < -0.4 is 0 Å². The zero-order valence-corrected chi connectivity index (χ0v) is 31.6. The monoisotopic (exact) mass is 740 g/mol. The Bertz CT molecular complexity index is 3630. The average Bonchev–Trinajstić information content (AvgIpc) is 3.67. The molecule has 2 heteroatoms. The maximum atomic E-state index is 13.9. The van der Waals surface area contributed by atoms with Gasteiger partial charge in [0.1, 0.15) is 0 Å². The third kappa shape index (κ3) is 4.84. The minimum Gasteiger partial charge on any atom is -0.289 e. The third-order valence-electron chi connectivity index (χ3n) is 12.0. The highest BCUT2D eigenvalue weighted by atomic mass is 32.1. The molecule has 0 aliphatic carbocycles. The topological polar surface area (TPSA) is 17.1 Å². The predicted octanol–water partition coefficient (Wildman–Crippen LogP) is 15.5. The van der Waals surface area contributed by atoms with Gasteiger partial charge in [-0.3, -0.25) is 4.79 Å². The van der Waals surface area contributed by atoms with E-state index in [1.807, 2.05) is 47.7 Å². The van der Waals surface area contributed by atoms with E-state index in [9.17, 15) is 4.79 Å². The molecule has 0 radical (unpaired) electrons. The summed E-state index contributed by atoms with van der Waals surface area (Å²) >= 11 is 1.88. The van der Waals surface area contributed by atoms with Crippen LogP contribution in [0, 0.1) is 0 Å². The van der Waals surface area contributed by atoms with Gasteiger partial charge in [0.25, 0.3) is 0 Å². The minimum atomic E-state index is 0.0322. The quantitative estimate of drug-likeness (QED) is 0.130. The molecule has 1 nitrogen and oxygen atoms in total. The van der Waals surface area contributed by atoms with Crippen molar-refractivity contribution in [2.75, 3.05) is 0 Å². The molecule has 11 aromatic carbocycles. The minimum absolute atomic E-state index is 0.0322. The van der Waals surface area contributed by atoms with Gasteiger partial charge in [0.15, 0.2) is 5.78 Å². The third-order valence-corrected chi connectivity index (χ3v) is 13.2. The molecule has 0 atom stereocenters. The number of carbonyl (C=O) groups is 1. The van der Waals surface area contributed by atoms with Crippen molar-refractivity contribution >= 4 is 102 Å². The smallest absolute Gasteiger partial charge is 0.193 e. The molecule has 264 valence electrons. The Balaban J connectivity index is 1.25. The van der Waals surface area contributed by atoms with Crippen molar-refractivity contribution < 1.29 is 4.79 Å².